The summed E-state index contributed by atoms with van der Waals surface area (Å²) >= 11 is 2.71. The molecule has 0 atom stereocenters. The molecule has 20 heavy (non-hydrogen) atoms. The second-order valence-corrected chi connectivity index (χ2v) is 4.46. The average molecular weight is 362 g/mol. The number of rotatable bonds is 4. The van der Waals surface area contributed by atoms with Gasteiger partial charge in [0.2, 0.25) is 0 Å². The summed E-state index contributed by atoms with van der Waals surface area (Å²) in [6, 6.07) is 0.952. The minimum atomic E-state index is -5.04. The zero-order valence-electron chi connectivity index (χ0n) is 10.1. The third-order valence-corrected chi connectivity index (χ3v) is 2.65. The van der Waals surface area contributed by atoms with Crippen molar-refractivity contribution < 1.29 is 31.5 Å². The van der Waals surface area contributed by atoms with Crippen molar-refractivity contribution in [3.05, 3.63) is 27.5 Å². The molecule has 0 radical (unpaired) electrons. The molecule has 1 heterocycles. The molecule has 1 rings (SSSR count). The smallest absolute Gasteiger partial charge is 0.433 e. The van der Waals surface area contributed by atoms with Gasteiger partial charge in [-0.05, 0) is 34.5 Å². The number of halogens is 6. The lowest BCUT2D eigenvalue weighted by Crippen LogP contribution is -2.17. The lowest BCUT2D eigenvalue weighted by atomic mass is 10.0. The number of esters is 1. The van der Waals surface area contributed by atoms with Crippen molar-refractivity contribution in [1.82, 2.24) is 4.98 Å². The summed E-state index contributed by atoms with van der Waals surface area (Å²) in [6.07, 6.45) is -9.13. The molecule has 0 aliphatic carbocycles. The van der Waals surface area contributed by atoms with Gasteiger partial charge in [0.1, 0.15) is 4.60 Å². The fourth-order valence-electron chi connectivity index (χ4n) is 1.55. The van der Waals surface area contributed by atoms with Crippen LogP contribution < -0.4 is 0 Å². The van der Waals surface area contributed by atoms with Gasteiger partial charge in [-0.15, -0.1) is 0 Å². The third-order valence-electron chi connectivity index (χ3n) is 2.24. The Morgan fingerprint density at radius 2 is 2.05 bits per heavy atom. The topological polar surface area (TPSA) is 39.2 Å². The van der Waals surface area contributed by atoms with Gasteiger partial charge in [0.25, 0.3) is 6.43 Å². The highest BCUT2D eigenvalue weighted by atomic mass is 79.9. The first-order valence-electron chi connectivity index (χ1n) is 5.37. The molecule has 0 unspecified atom stereocenters. The normalized spacial score (nSPS) is 11.8. The Hall–Kier alpha value is -1.25. The van der Waals surface area contributed by atoms with Crippen molar-refractivity contribution in [1.29, 1.82) is 0 Å². The number of hydrogen-bond acceptors (Lipinski definition) is 3. The monoisotopic (exact) mass is 361 g/mol. The number of alkyl halides is 5. The largest absolute Gasteiger partial charge is 0.466 e. The molecule has 0 aliphatic heterocycles. The van der Waals surface area contributed by atoms with E-state index in [4.69, 9.17) is 0 Å². The molecule has 0 saturated heterocycles. The van der Waals surface area contributed by atoms with Crippen LogP contribution in [0.15, 0.2) is 10.7 Å². The van der Waals surface area contributed by atoms with E-state index in [0.717, 1.165) is 6.07 Å². The standard InChI is InChI=1S/C11H9BrF5NO2/c1-2-20-7(19)4-5-3-6(12)18-9(11(15,16)17)8(5)10(13)14/h3,10H,2,4H2,1H3. The predicted octanol–water partition coefficient (Wildman–Crippen LogP) is 3.91. The van der Waals surface area contributed by atoms with Crippen molar-refractivity contribution >= 4 is 21.9 Å². The van der Waals surface area contributed by atoms with Gasteiger partial charge in [0.05, 0.1) is 18.6 Å². The van der Waals surface area contributed by atoms with Crippen LogP contribution in [-0.4, -0.2) is 17.6 Å². The van der Waals surface area contributed by atoms with Crippen LogP contribution in [0.2, 0.25) is 0 Å². The van der Waals surface area contributed by atoms with Crippen molar-refractivity contribution in [3.63, 3.8) is 0 Å². The summed E-state index contributed by atoms with van der Waals surface area (Å²) in [6.45, 7) is 1.50. The van der Waals surface area contributed by atoms with E-state index in [1.54, 1.807) is 0 Å². The summed E-state index contributed by atoms with van der Waals surface area (Å²) in [5.74, 6) is -0.888. The molecule has 0 fully saturated rings. The number of ether oxygens (including phenoxy) is 1. The maximum atomic E-state index is 12.9. The van der Waals surface area contributed by atoms with E-state index in [9.17, 15) is 26.7 Å². The van der Waals surface area contributed by atoms with E-state index in [-0.39, 0.29) is 11.2 Å². The molecule has 0 N–H and O–H groups in total. The molecule has 0 aliphatic rings. The van der Waals surface area contributed by atoms with Crippen LogP contribution in [-0.2, 0) is 22.1 Å². The molecule has 0 saturated carbocycles. The Morgan fingerprint density at radius 1 is 1.45 bits per heavy atom. The van der Waals surface area contributed by atoms with Crippen LogP contribution in [0.3, 0.4) is 0 Å². The first-order chi connectivity index (χ1) is 9.16. The van der Waals surface area contributed by atoms with Crippen LogP contribution >= 0.6 is 15.9 Å². The van der Waals surface area contributed by atoms with Crippen molar-refractivity contribution in [2.24, 2.45) is 0 Å². The van der Waals surface area contributed by atoms with Gasteiger partial charge in [-0.1, -0.05) is 0 Å². The van der Waals surface area contributed by atoms with E-state index < -0.39 is 41.8 Å². The van der Waals surface area contributed by atoms with E-state index in [0.29, 0.717) is 0 Å². The van der Waals surface area contributed by atoms with Gasteiger partial charge in [0.15, 0.2) is 5.69 Å². The minimum absolute atomic E-state index is 0.00122. The minimum Gasteiger partial charge on any atom is -0.466 e. The summed E-state index contributed by atoms with van der Waals surface area (Å²) in [5.41, 5.74) is -3.47. The van der Waals surface area contributed by atoms with Gasteiger partial charge in [-0.3, -0.25) is 4.79 Å². The van der Waals surface area contributed by atoms with E-state index in [1.807, 2.05) is 0 Å². The second kappa shape index (κ2) is 6.47. The Morgan fingerprint density at radius 3 is 2.50 bits per heavy atom. The zero-order chi connectivity index (χ0) is 15.5. The Kier molecular flexibility index (Phi) is 5.43. The Balaban J connectivity index is 3.35. The summed E-state index contributed by atoms with van der Waals surface area (Å²) in [5, 5.41) is 0. The van der Waals surface area contributed by atoms with Crippen LogP contribution in [0.25, 0.3) is 0 Å². The molecule has 0 bridgehead atoms. The SMILES string of the molecule is CCOC(=O)Cc1cc(Br)nc(C(F)(F)F)c1C(F)F. The first kappa shape index (κ1) is 16.8. The second-order valence-electron chi connectivity index (χ2n) is 3.65. The highest BCUT2D eigenvalue weighted by Crippen LogP contribution is 2.38. The van der Waals surface area contributed by atoms with Gasteiger partial charge in [-0.25, -0.2) is 13.8 Å². The molecule has 0 aromatic carbocycles. The van der Waals surface area contributed by atoms with E-state index in [2.05, 4.69) is 25.7 Å². The summed E-state index contributed by atoms with van der Waals surface area (Å²) in [4.78, 5) is 14.3. The number of hydrogen-bond donors (Lipinski definition) is 0. The Labute approximate surface area is 119 Å². The molecule has 1 aromatic rings. The highest BCUT2D eigenvalue weighted by molar-refractivity contribution is 9.10. The Bertz CT molecular complexity index is 504. The first-order valence-corrected chi connectivity index (χ1v) is 6.16. The van der Waals surface area contributed by atoms with Gasteiger partial charge < -0.3 is 4.74 Å². The molecule has 0 spiro atoms. The maximum absolute atomic E-state index is 12.9. The third kappa shape index (κ3) is 4.12. The maximum Gasteiger partial charge on any atom is 0.433 e. The van der Waals surface area contributed by atoms with Crippen LogP contribution in [0.5, 0.6) is 0 Å². The van der Waals surface area contributed by atoms with Crippen LogP contribution in [0.1, 0.15) is 30.2 Å². The predicted molar refractivity (Wildman–Crippen MR) is 62.2 cm³/mol. The molecule has 0 amide bonds. The van der Waals surface area contributed by atoms with Crippen LogP contribution in [0.4, 0.5) is 22.0 Å². The summed E-state index contributed by atoms with van der Waals surface area (Å²) < 4.78 is 68.2. The number of carbonyl (C=O) groups is 1. The molecule has 112 valence electrons. The van der Waals surface area contributed by atoms with Crippen molar-refractivity contribution in [2.45, 2.75) is 25.9 Å². The number of pyridine rings is 1. The fourth-order valence-corrected chi connectivity index (χ4v) is 2.00. The summed E-state index contributed by atoms with van der Waals surface area (Å²) in [7, 11) is 0. The molecular formula is C11H9BrF5NO2. The van der Waals surface area contributed by atoms with Gasteiger partial charge in [0, 0.05) is 0 Å². The lowest BCUT2D eigenvalue weighted by Gasteiger charge is -2.15. The lowest BCUT2D eigenvalue weighted by molar-refractivity contribution is -0.145. The van der Waals surface area contributed by atoms with Gasteiger partial charge in [-0.2, -0.15) is 13.2 Å². The molecule has 1 aromatic heterocycles. The number of aromatic nitrogens is 1. The van der Waals surface area contributed by atoms with E-state index in [1.165, 1.54) is 6.92 Å². The average Bonchev–Trinajstić information content (AvgIpc) is 2.26. The molecule has 9 heteroatoms. The van der Waals surface area contributed by atoms with Crippen LogP contribution in [0, 0.1) is 0 Å². The highest BCUT2D eigenvalue weighted by Gasteiger charge is 2.39. The van der Waals surface area contributed by atoms with Crippen molar-refractivity contribution in [3.8, 4) is 0 Å². The quantitative estimate of drug-likeness (QED) is 0.463. The zero-order valence-corrected chi connectivity index (χ0v) is 11.7. The molecule has 3 nitrogen and oxygen atoms in total. The number of carbonyl (C=O) groups excluding carboxylic acids is 1. The molecular weight excluding hydrogens is 353 g/mol. The van der Waals surface area contributed by atoms with Gasteiger partial charge >= 0.3 is 12.1 Å². The fraction of sp³-hybridized carbons (Fsp3) is 0.455. The number of nitrogens with zero attached hydrogens (tertiary/aromatic N) is 1. The van der Waals surface area contributed by atoms with Crippen molar-refractivity contribution in [2.75, 3.05) is 6.61 Å². The van der Waals surface area contributed by atoms with E-state index >= 15 is 0 Å².